The summed E-state index contributed by atoms with van der Waals surface area (Å²) in [6.45, 7) is 161. The first-order valence-corrected chi connectivity index (χ1v) is 55.5. The van der Waals surface area contributed by atoms with Crippen molar-refractivity contribution >= 4 is 0 Å². The zero-order valence-corrected chi connectivity index (χ0v) is 98.3. The summed E-state index contributed by atoms with van der Waals surface area (Å²) in [4.78, 5) is 8.22. The second-order valence-corrected chi connectivity index (χ2v) is 52.1. The summed E-state index contributed by atoms with van der Waals surface area (Å²) in [6.07, 6.45) is 0. The number of nitrogens with one attached hydrogen (secondary N) is 1. The minimum absolute atomic E-state index is 0.741. The second-order valence-electron chi connectivity index (χ2n) is 52.1. The first-order chi connectivity index (χ1) is 56.7. The topological polar surface area (TPSA) is 40.9 Å². The molecule has 0 spiro atoms. The lowest BCUT2D eigenvalue weighted by molar-refractivity contribution is 0.0472. The quantitative estimate of drug-likeness (QED) is 0.0606. The highest BCUT2D eigenvalue weighted by Gasteiger charge is 2.45. The largest absolute Gasteiger partial charge is 0.239 e. The van der Waals surface area contributed by atoms with Gasteiger partial charge >= 0.3 is 0 Å². The summed E-state index contributed by atoms with van der Waals surface area (Å²) in [5.41, 5.74) is 1.50. The molecule has 2 nitrogen and oxygen atoms in total. The number of nitroso groups, excluding NO2 is 1. The Morgan fingerprint density at radius 2 is 0.113 bits per heavy atom. The van der Waals surface area contributed by atoms with E-state index in [-0.39, 0.29) is 0 Å². The Balaban J connectivity index is -0.000000864. The van der Waals surface area contributed by atoms with Crippen LogP contribution in [0.5, 0.6) is 0 Å². The van der Waals surface area contributed by atoms with E-state index >= 15 is 0 Å². The molecule has 0 aliphatic rings. The molecule has 1 N–H and O–H groups in total. The lowest BCUT2D eigenvalue weighted by Gasteiger charge is -2.44. The van der Waals surface area contributed by atoms with E-state index in [0.29, 0.717) is 0 Å². The molecule has 0 bridgehead atoms. The highest BCUT2D eigenvalue weighted by Crippen LogP contribution is 2.51. The fourth-order valence-corrected chi connectivity index (χ4v) is 25.7. The summed E-state index contributed by atoms with van der Waals surface area (Å²) in [7, 11) is 0. The third-order valence-corrected chi connectivity index (χ3v) is 46.9. The fraction of sp³-hybridized carbons (Fsp3) is 1.00. The smallest absolute Gasteiger partial charge is 0.154 e. The van der Waals surface area contributed by atoms with Crippen LogP contribution in [0, 0.1) is 354 Å². The van der Waals surface area contributed by atoms with Gasteiger partial charge in [-0.15, -0.1) is 0 Å². The number of hydrogen-bond donors (Lipinski definition) is 1. The second kappa shape index (κ2) is 60.2. The molecule has 124 heavy (non-hydrogen) atoms. The van der Waals surface area contributed by atoms with E-state index in [1.165, 1.54) is 5.59 Å². The summed E-state index contributed by atoms with van der Waals surface area (Å²) < 4.78 is 5.28. The molecule has 2 heteroatoms. The number of rotatable bonds is 55. The van der Waals surface area contributed by atoms with E-state index in [1.807, 2.05) is 0 Å². The van der Waals surface area contributed by atoms with Crippen LogP contribution in [0.4, 0.5) is 0 Å². The predicted octanol–water partition coefficient (Wildman–Crippen LogP) is 40.3. The van der Waals surface area contributed by atoms with Crippen molar-refractivity contribution in [2.24, 2.45) is 343 Å². The zero-order chi connectivity index (χ0) is 100. The van der Waals surface area contributed by atoms with E-state index < -0.39 is 0 Å². The maximum atomic E-state index is 8.22. The first kappa shape index (κ1) is 128. The molecular formula is C122H251NO. The predicted molar refractivity (Wildman–Crippen MR) is 572 cm³/mol. The third-order valence-electron chi connectivity index (χ3n) is 46.9. The molecule has 0 aromatic rings. The zero-order valence-electron chi connectivity index (χ0n) is 99.3. The average Bonchev–Trinajstić information content (AvgIpc) is 0.828. The summed E-state index contributed by atoms with van der Waals surface area (Å²) in [5, 5.41) is 0. The summed E-state index contributed by atoms with van der Waals surface area (Å²) in [5.74, 6) is 44.1. The molecular weight excluding hydrogens is 1500 g/mol. The molecule has 0 fully saturated rings. The summed E-state index contributed by atoms with van der Waals surface area (Å²) in [6, 6.07) is 0. The van der Waals surface area contributed by atoms with Gasteiger partial charge < -0.3 is 0 Å². The summed E-state index contributed by atoms with van der Waals surface area (Å²) >= 11 is 0. The van der Waals surface area contributed by atoms with Gasteiger partial charge in [0.05, 0.1) is 0 Å². The van der Waals surface area contributed by atoms with Gasteiger partial charge in [0.1, 0.15) is 0 Å². The molecule has 0 heterocycles. The monoisotopic (exact) mass is 1750 g/mol. The van der Waals surface area contributed by atoms with Gasteiger partial charge in [-0.1, -0.05) is 449 Å². The van der Waals surface area contributed by atoms with Crippen molar-refractivity contribution < 1.29 is 1.41 Å². The van der Waals surface area contributed by atoms with Crippen molar-refractivity contribution in [3.63, 3.8) is 0 Å². The Morgan fingerprint density at radius 3 is 0.137 bits per heavy atom. The van der Waals surface area contributed by atoms with E-state index in [0.717, 1.165) is 343 Å². The fourth-order valence-electron chi connectivity index (χ4n) is 25.7. The molecule has 0 radical (unpaired) electrons. The Hall–Kier alpha value is -0.400. The van der Waals surface area contributed by atoms with E-state index in [2.05, 4.69) is 443 Å². The van der Waals surface area contributed by atoms with Gasteiger partial charge in [0.25, 0.3) is 0 Å². The Morgan fingerprint density at radius 1 is 0.0887 bits per heavy atom. The third kappa shape index (κ3) is 36.7. The van der Waals surface area contributed by atoms with Gasteiger partial charge in [-0.2, -0.15) is 4.91 Å². The van der Waals surface area contributed by atoms with Gasteiger partial charge in [0, 0.05) is 0 Å². The highest BCUT2D eigenvalue weighted by molar-refractivity contribution is 4.93. The van der Waals surface area contributed by atoms with E-state index in [9.17, 15) is 0 Å². The van der Waals surface area contributed by atoms with Crippen LogP contribution in [0.2, 0.25) is 1.41 Å². The Bertz CT molecular complexity index is 2370. The minimum Gasteiger partial charge on any atom is -0.154 e. The van der Waals surface area contributed by atoms with Crippen LogP contribution in [-0.4, -0.2) is 0 Å². The van der Waals surface area contributed by atoms with Crippen LogP contribution in [0.3, 0.4) is 0 Å². The SMILES string of the molecule is CC(C)C(C)C(C)C(C)C(C)C(C)C(C)C(C)C(C)C(C)C(C)C(C)C(C)C(C)C(C)C(C)C(C)C(C)C(C)C.CC(C)C(C)C(C)C(C)C(C)C(C)C(C)C(C)C(C)C(C)C(C)C(C)C(C)C(C)C(C)C(C)C(C)C(C)C(C)C.CC(C)C(C)C(C)C(C)C(C)C(C)C(C)C(C)C(C)C(C)C(C)C(C)C(C)C(C)C(C)C(C)C(C)C(C)C(C)C(C)C.[3H]N=O. The van der Waals surface area contributed by atoms with Gasteiger partial charge in [-0.3, -0.25) is 0 Å². The van der Waals surface area contributed by atoms with Crippen LogP contribution < -0.4 is 0 Å². The van der Waals surface area contributed by atoms with Crippen molar-refractivity contribution in [2.75, 3.05) is 0 Å². The van der Waals surface area contributed by atoms with Gasteiger partial charge in [0.15, 0.2) is 0 Å². The maximum Gasteiger partial charge on any atom is 0.239 e. The Labute approximate surface area is 793 Å². The van der Waals surface area contributed by atoms with E-state index in [1.54, 1.807) is 0 Å². The average molecular weight is 1750 g/mol. The lowest BCUT2D eigenvalue weighted by Crippen LogP contribution is -2.38. The van der Waals surface area contributed by atoms with Crippen molar-refractivity contribution in [3.8, 4) is 0 Å². The maximum absolute atomic E-state index is 8.22. The van der Waals surface area contributed by atoms with Crippen LogP contribution in [0.15, 0.2) is 0 Å². The molecule has 0 saturated carbocycles. The van der Waals surface area contributed by atoms with Crippen molar-refractivity contribution in [2.45, 2.75) is 443 Å². The van der Waals surface area contributed by atoms with Crippen molar-refractivity contribution in [1.29, 1.82) is 5.59 Å². The normalized spacial score (nSPS) is 25.6. The van der Waals surface area contributed by atoms with Crippen LogP contribution >= 0.6 is 0 Å². The highest BCUT2D eigenvalue weighted by atomic mass is 16.2. The standard InChI is InChI=1S/C42H86.2C40H82.HNO/c1-23(2)25(5)27(7)29(9)31(11)33(13)35(15)37(17)39(19)41(21)42(22)40(20)38(18)36(16)34(14)32(12)30(10)28(8)26(6)24(3)4;2*1-22(2)24(5)26(7)28(9)30(11)32(13)34(15)36(17)38(19)40(21)39(20)37(18)35(16)33(14)31(12)29(10)27(8)25(6)23(3)4;1-2/h23-42H,1-22H3;2*22-40H,1-21H3;1H/i;;;1T. The van der Waals surface area contributed by atoms with Crippen LogP contribution in [0.1, 0.15) is 443 Å². The Kier molecular flexibility index (Phi) is 62.0. The molecule has 0 amide bonds. The molecule has 0 aromatic carbocycles. The van der Waals surface area contributed by atoms with E-state index in [4.69, 9.17) is 6.32 Å². The molecule has 0 saturated heterocycles. The van der Waals surface area contributed by atoms with Gasteiger partial charge in [-0.05, 0) is 343 Å². The number of hydrogen-bond acceptors (Lipinski definition) is 2. The van der Waals surface area contributed by atoms with Gasteiger partial charge in [-0.25, -0.2) is 0 Å². The van der Waals surface area contributed by atoms with Crippen molar-refractivity contribution in [3.05, 3.63) is 4.91 Å². The molecule has 50 atom stereocenters. The molecule has 0 aromatic heterocycles. The molecule has 0 aliphatic heterocycles. The molecule has 750 valence electrons. The van der Waals surface area contributed by atoms with Gasteiger partial charge in [0.2, 0.25) is 1.41 Å². The van der Waals surface area contributed by atoms with Crippen molar-refractivity contribution in [1.82, 2.24) is 0 Å². The minimum atomic E-state index is 0.741. The molecule has 50 unspecified atom stereocenters. The molecule has 0 rings (SSSR count). The lowest BCUT2D eigenvalue weighted by atomic mass is 9.61. The van der Waals surface area contributed by atoms with Crippen LogP contribution in [-0.2, 0) is 0 Å². The van der Waals surface area contributed by atoms with Crippen LogP contribution in [0.25, 0.3) is 0 Å². The first-order valence-electron chi connectivity index (χ1n) is 55.9. The molecule has 0 aliphatic carbocycles.